The summed E-state index contributed by atoms with van der Waals surface area (Å²) < 4.78 is 0. The Morgan fingerprint density at radius 2 is 2.08 bits per heavy atom. The minimum Gasteiger partial charge on any atom is -0.359 e. The van der Waals surface area contributed by atoms with Crippen molar-refractivity contribution in [3.63, 3.8) is 0 Å². The zero-order chi connectivity index (χ0) is 8.97. The summed E-state index contributed by atoms with van der Waals surface area (Å²) in [5.41, 5.74) is 0. The Hall–Kier alpha value is -0.380. The Balaban J connectivity index is 2.30. The van der Waals surface area contributed by atoms with Gasteiger partial charge in [0.15, 0.2) is 5.96 Å². The average molecular weight is 187 g/mol. The number of nitrogens with zero attached hydrogens (tertiary/aromatic N) is 1. The van der Waals surface area contributed by atoms with E-state index in [0.29, 0.717) is 5.96 Å². The lowest BCUT2D eigenvalue weighted by Crippen LogP contribution is -2.44. The second kappa shape index (κ2) is 4.60. The smallest absolute Gasteiger partial charge is 0.190 e. The normalized spacial score (nSPS) is 19.3. The summed E-state index contributed by atoms with van der Waals surface area (Å²) in [7, 11) is 1.81. The third kappa shape index (κ3) is 2.30. The molecule has 0 atom stereocenters. The van der Waals surface area contributed by atoms with Crippen molar-refractivity contribution in [3.05, 3.63) is 0 Å². The lowest BCUT2D eigenvalue weighted by molar-refractivity contribution is 0.338. The molecular formula is C8H17N3S. The molecule has 0 aliphatic carbocycles. The zero-order valence-electron chi connectivity index (χ0n) is 7.76. The van der Waals surface area contributed by atoms with E-state index in [-0.39, 0.29) is 0 Å². The molecule has 0 aromatic carbocycles. The first kappa shape index (κ1) is 9.71. The van der Waals surface area contributed by atoms with Crippen LogP contribution in [0.1, 0.15) is 12.8 Å². The van der Waals surface area contributed by atoms with Crippen LogP contribution in [0.2, 0.25) is 0 Å². The van der Waals surface area contributed by atoms with Gasteiger partial charge in [-0.15, -0.1) is 0 Å². The highest BCUT2D eigenvalue weighted by molar-refractivity contribution is 7.99. The highest BCUT2D eigenvalue weighted by atomic mass is 32.2. The quantitative estimate of drug-likeness (QED) is 0.474. The van der Waals surface area contributed by atoms with Gasteiger partial charge in [-0.05, 0) is 19.1 Å². The van der Waals surface area contributed by atoms with Crippen LogP contribution in [0.15, 0.2) is 0 Å². The van der Waals surface area contributed by atoms with Gasteiger partial charge in [0.05, 0.1) is 0 Å². The summed E-state index contributed by atoms with van der Waals surface area (Å²) >= 11 is 1.95. The number of nitrogens with one attached hydrogen (secondary N) is 2. The van der Waals surface area contributed by atoms with Crippen molar-refractivity contribution in [2.45, 2.75) is 18.1 Å². The maximum Gasteiger partial charge on any atom is 0.190 e. The molecule has 1 rings (SSSR count). The zero-order valence-corrected chi connectivity index (χ0v) is 8.58. The lowest BCUT2D eigenvalue weighted by Gasteiger charge is -2.32. The predicted octanol–water partition coefficient (Wildman–Crippen LogP) is 0.968. The Kier molecular flexibility index (Phi) is 3.72. The van der Waals surface area contributed by atoms with Crippen molar-refractivity contribution in [1.29, 1.82) is 5.41 Å². The van der Waals surface area contributed by atoms with Crippen molar-refractivity contribution in [2.75, 3.05) is 26.4 Å². The van der Waals surface area contributed by atoms with Crippen LogP contribution in [-0.4, -0.2) is 42.5 Å². The Morgan fingerprint density at radius 1 is 1.50 bits per heavy atom. The molecule has 1 saturated heterocycles. The van der Waals surface area contributed by atoms with Gasteiger partial charge in [0.1, 0.15) is 0 Å². The molecule has 0 spiro atoms. The number of rotatable bonds is 1. The number of piperidine rings is 1. The molecule has 0 amide bonds. The summed E-state index contributed by atoms with van der Waals surface area (Å²) in [6.45, 7) is 2.07. The van der Waals surface area contributed by atoms with Gasteiger partial charge in [-0.2, -0.15) is 11.8 Å². The summed E-state index contributed by atoms with van der Waals surface area (Å²) in [4.78, 5) is 2.10. The summed E-state index contributed by atoms with van der Waals surface area (Å²) in [5.74, 6) is 0.564. The standard InChI is InChI=1S/C8H17N3S/c1-10-8(9)11-5-3-7(12-2)4-6-11/h7H,3-6H2,1-2H3,(H2,9,10). The van der Waals surface area contributed by atoms with E-state index < -0.39 is 0 Å². The topological polar surface area (TPSA) is 39.1 Å². The molecule has 1 fully saturated rings. The first-order valence-electron chi connectivity index (χ1n) is 4.32. The first-order chi connectivity index (χ1) is 5.77. The lowest BCUT2D eigenvalue weighted by atomic mass is 10.1. The van der Waals surface area contributed by atoms with E-state index >= 15 is 0 Å². The molecule has 12 heavy (non-hydrogen) atoms. The van der Waals surface area contributed by atoms with E-state index in [0.717, 1.165) is 18.3 Å². The highest BCUT2D eigenvalue weighted by Crippen LogP contribution is 2.20. The number of likely N-dealkylation sites (tertiary alicyclic amines) is 1. The van der Waals surface area contributed by atoms with Crippen LogP contribution < -0.4 is 5.32 Å². The van der Waals surface area contributed by atoms with Crippen LogP contribution >= 0.6 is 11.8 Å². The van der Waals surface area contributed by atoms with E-state index in [9.17, 15) is 0 Å². The molecule has 2 N–H and O–H groups in total. The summed E-state index contributed by atoms with van der Waals surface area (Å²) in [6, 6.07) is 0. The van der Waals surface area contributed by atoms with Crippen LogP contribution in [0.4, 0.5) is 0 Å². The van der Waals surface area contributed by atoms with E-state index in [2.05, 4.69) is 16.5 Å². The maximum atomic E-state index is 7.56. The SMILES string of the molecule is CNC(=N)N1CCC(SC)CC1. The number of hydrogen-bond donors (Lipinski definition) is 2. The van der Waals surface area contributed by atoms with Gasteiger partial charge in [-0.3, -0.25) is 5.41 Å². The summed E-state index contributed by atoms with van der Waals surface area (Å²) in [6.07, 6.45) is 4.60. The number of thioether (sulfide) groups is 1. The third-order valence-electron chi connectivity index (χ3n) is 2.33. The first-order valence-corrected chi connectivity index (χ1v) is 5.60. The molecule has 4 heteroatoms. The fraction of sp³-hybridized carbons (Fsp3) is 0.875. The average Bonchev–Trinajstić information content (AvgIpc) is 2.17. The molecular weight excluding hydrogens is 170 g/mol. The molecule has 1 heterocycles. The largest absolute Gasteiger partial charge is 0.359 e. The molecule has 3 nitrogen and oxygen atoms in total. The Bertz CT molecular complexity index is 152. The van der Waals surface area contributed by atoms with E-state index in [1.807, 2.05) is 18.8 Å². The molecule has 1 aliphatic heterocycles. The van der Waals surface area contributed by atoms with Crippen molar-refractivity contribution in [2.24, 2.45) is 0 Å². The highest BCUT2D eigenvalue weighted by Gasteiger charge is 2.19. The second-order valence-electron chi connectivity index (χ2n) is 3.02. The molecule has 0 radical (unpaired) electrons. The van der Waals surface area contributed by atoms with Crippen LogP contribution in [-0.2, 0) is 0 Å². The molecule has 0 aromatic rings. The molecule has 0 saturated carbocycles. The Labute approximate surface area is 78.4 Å². The molecule has 0 unspecified atom stereocenters. The second-order valence-corrected chi connectivity index (χ2v) is 4.16. The summed E-state index contributed by atoms with van der Waals surface area (Å²) in [5, 5.41) is 11.2. The van der Waals surface area contributed by atoms with Gasteiger partial charge in [0.2, 0.25) is 0 Å². The van der Waals surface area contributed by atoms with Gasteiger partial charge in [-0.25, -0.2) is 0 Å². The van der Waals surface area contributed by atoms with E-state index in [4.69, 9.17) is 5.41 Å². The molecule has 0 aromatic heterocycles. The van der Waals surface area contributed by atoms with Gasteiger partial charge < -0.3 is 10.2 Å². The molecule has 0 bridgehead atoms. The third-order valence-corrected chi connectivity index (χ3v) is 3.47. The molecule has 70 valence electrons. The monoisotopic (exact) mass is 187 g/mol. The van der Waals surface area contributed by atoms with Crippen LogP contribution in [0.25, 0.3) is 0 Å². The minimum absolute atomic E-state index is 0.564. The van der Waals surface area contributed by atoms with Gasteiger partial charge in [0.25, 0.3) is 0 Å². The van der Waals surface area contributed by atoms with Crippen LogP contribution in [0.3, 0.4) is 0 Å². The minimum atomic E-state index is 0.564. The van der Waals surface area contributed by atoms with Gasteiger partial charge in [0, 0.05) is 25.4 Å². The number of hydrogen-bond acceptors (Lipinski definition) is 2. The van der Waals surface area contributed by atoms with Crippen molar-refractivity contribution >= 4 is 17.7 Å². The maximum absolute atomic E-state index is 7.56. The predicted molar refractivity (Wildman–Crippen MR) is 54.9 cm³/mol. The van der Waals surface area contributed by atoms with Crippen molar-refractivity contribution in [1.82, 2.24) is 10.2 Å². The van der Waals surface area contributed by atoms with Crippen LogP contribution in [0.5, 0.6) is 0 Å². The van der Waals surface area contributed by atoms with Gasteiger partial charge in [-0.1, -0.05) is 0 Å². The van der Waals surface area contributed by atoms with Crippen molar-refractivity contribution in [3.8, 4) is 0 Å². The van der Waals surface area contributed by atoms with E-state index in [1.165, 1.54) is 12.8 Å². The fourth-order valence-corrected chi connectivity index (χ4v) is 2.16. The van der Waals surface area contributed by atoms with Crippen LogP contribution in [0, 0.1) is 5.41 Å². The number of guanidine groups is 1. The van der Waals surface area contributed by atoms with Crippen molar-refractivity contribution < 1.29 is 0 Å². The molecule has 1 aliphatic rings. The fourth-order valence-electron chi connectivity index (χ4n) is 1.47. The van der Waals surface area contributed by atoms with E-state index in [1.54, 1.807) is 0 Å². The Morgan fingerprint density at radius 3 is 2.50 bits per heavy atom. The van der Waals surface area contributed by atoms with Gasteiger partial charge >= 0.3 is 0 Å².